The molecule has 0 bridgehead atoms. The molecule has 0 saturated heterocycles. The Morgan fingerprint density at radius 2 is 1.80 bits per heavy atom. The highest BCUT2D eigenvalue weighted by Crippen LogP contribution is 2.31. The summed E-state index contributed by atoms with van der Waals surface area (Å²) in [4.78, 5) is 0. The lowest BCUT2D eigenvalue weighted by atomic mass is 10.1. The molecule has 0 heterocycles. The Labute approximate surface area is 149 Å². The van der Waals surface area contributed by atoms with E-state index in [1.807, 2.05) is 31.2 Å². The molecular weight excluding hydrogens is 471 g/mol. The zero-order valence-corrected chi connectivity index (χ0v) is 16.2. The Kier molecular flexibility index (Phi) is 5.96. The van der Waals surface area contributed by atoms with Gasteiger partial charge in [-0.05, 0) is 36.8 Å². The standard InChI is InChI=1S/C15H12Br3ClO/c1-9-4-13(18)5-11(7-16)15(9)20-8-10-2-3-12(17)6-14(10)19/h2-6H,7-8H2,1H3. The summed E-state index contributed by atoms with van der Waals surface area (Å²) in [5.41, 5.74) is 3.19. The summed E-state index contributed by atoms with van der Waals surface area (Å²) in [6, 6.07) is 9.91. The van der Waals surface area contributed by atoms with Crippen LogP contribution in [0.2, 0.25) is 5.02 Å². The van der Waals surface area contributed by atoms with Gasteiger partial charge in [0.25, 0.3) is 0 Å². The smallest absolute Gasteiger partial charge is 0.126 e. The molecule has 0 aromatic heterocycles. The second kappa shape index (κ2) is 7.30. The third-order valence-corrected chi connectivity index (χ3v) is 4.75. The zero-order chi connectivity index (χ0) is 14.7. The minimum Gasteiger partial charge on any atom is -0.488 e. The lowest BCUT2D eigenvalue weighted by Gasteiger charge is -2.14. The summed E-state index contributed by atoms with van der Waals surface area (Å²) in [6.07, 6.45) is 0. The molecule has 0 aliphatic rings. The summed E-state index contributed by atoms with van der Waals surface area (Å²) in [7, 11) is 0. The fourth-order valence-electron chi connectivity index (χ4n) is 1.89. The normalized spacial score (nSPS) is 10.7. The number of hydrogen-bond acceptors (Lipinski definition) is 1. The van der Waals surface area contributed by atoms with Gasteiger partial charge in [0, 0.05) is 30.4 Å². The topological polar surface area (TPSA) is 9.23 Å². The molecule has 0 spiro atoms. The predicted molar refractivity (Wildman–Crippen MR) is 95.0 cm³/mol. The minimum absolute atomic E-state index is 0.453. The van der Waals surface area contributed by atoms with Gasteiger partial charge >= 0.3 is 0 Å². The Hall–Kier alpha value is -0.0300. The maximum Gasteiger partial charge on any atom is 0.126 e. The Bertz CT molecular complexity index is 629. The van der Waals surface area contributed by atoms with Crippen LogP contribution in [0.3, 0.4) is 0 Å². The molecule has 1 nitrogen and oxygen atoms in total. The molecule has 0 aliphatic carbocycles. The maximum absolute atomic E-state index is 6.21. The van der Waals surface area contributed by atoms with Gasteiger partial charge in [-0.2, -0.15) is 0 Å². The summed E-state index contributed by atoms with van der Waals surface area (Å²) >= 11 is 16.6. The number of alkyl halides is 1. The van der Waals surface area contributed by atoms with Crippen molar-refractivity contribution in [1.82, 2.24) is 0 Å². The van der Waals surface area contributed by atoms with Gasteiger partial charge in [-0.3, -0.25) is 0 Å². The van der Waals surface area contributed by atoms with E-state index in [1.165, 1.54) is 0 Å². The zero-order valence-electron chi connectivity index (χ0n) is 10.7. The Balaban J connectivity index is 2.22. The quantitative estimate of drug-likeness (QED) is 0.443. The summed E-state index contributed by atoms with van der Waals surface area (Å²) in [6.45, 7) is 2.49. The lowest BCUT2D eigenvalue weighted by molar-refractivity contribution is 0.302. The maximum atomic E-state index is 6.21. The average molecular weight is 483 g/mol. The molecule has 0 unspecified atom stereocenters. The Morgan fingerprint density at radius 3 is 2.45 bits per heavy atom. The third-order valence-electron chi connectivity index (χ3n) is 2.85. The molecule has 20 heavy (non-hydrogen) atoms. The molecular formula is C15H12Br3ClO. The van der Waals surface area contributed by atoms with E-state index in [1.54, 1.807) is 0 Å². The largest absolute Gasteiger partial charge is 0.488 e. The van der Waals surface area contributed by atoms with Crippen molar-refractivity contribution in [2.24, 2.45) is 0 Å². The van der Waals surface area contributed by atoms with Crippen molar-refractivity contribution in [3.05, 3.63) is 61.0 Å². The van der Waals surface area contributed by atoms with Gasteiger partial charge in [0.15, 0.2) is 0 Å². The first kappa shape index (κ1) is 16.3. The van der Waals surface area contributed by atoms with Crippen LogP contribution < -0.4 is 4.74 Å². The number of halogens is 4. The minimum atomic E-state index is 0.453. The van der Waals surface area contributed by atoms with Crippen molar-refractivity contribution in [2.75, 3.05) is 0 Å². The molecule has 0 amide bonds. The van der Waals surface area contributed by atoms with Gasteiger partial charge in [0.2, 0.25) is 0 Å². The first-order chi connectivity index (χ1) is 9.51. The second-order valence-corrected chi connectivity index (χ2v) is 7.17. The monoisotopic (exact) mass is 480 g/mol. The molecule has 0 atom stereocenters. The van der Waals surface area contributed by atoms with E-state index in [0.717, 1.165) is 36.7 Å². The van der Waals surface area contributed by atoms with Crippen LogP contribution in [-0.4, -0.2) is 0 Å². The second-order valence-electron chi connectivity index (χ2n) is 4.37. The van der Waals surface area contributed by atoms with E-state index in [0.29, 0.717) is 11.6 Å². The molecule has 2 rings (SSSR count). The number of ether oxygens (including phenoxy) is 1. The first-order valence-corrected chi connectivity index (χ1v) is 9.01. The van der Waals surface area contributed by atoms with Crippen molar-refractivity contribution < 1.29 is 4.74 Å². The van der Waals surface area contributed by atoms with E-state index in [-0.39, 0.29) is 0 Å². The number of aryl methyl sites for hydroxylation is 1. The molecule has 0 saturated carbocycles. The van der Waals surface area contributed by atoms with Gasteiger partial charge in [-0.1, -0.05) is 65.5 Å². The highest BCUT2D eigenvalue weighted by Gasteiger charge is 2.10. The van der Waals surface area contributed by atoms with Crippen LogP contribution in [0.15, 0.2) is 39.3 Å². The number of benzene rings is 2. The van der Waals surface area contributed by atoms with Gasteiger partial charge in [0.1, 0.15) is 12.4 Å². The van der Waals surface area contributed by atoms with Crippen LogP contribution in [-0.2, 0) is 11.9 Å². The van der Waals surface area contributed by atoms with Crippen LogP contribution in [0.25, 0.3) is 0 Å². The van der Waals surface area contributed by atoms with Crippen molar-refractivity contribution in [1.29, 1.82) is 0 Å². The number of rotatable bonds is 4. The van der Waals surface area contributed by atoms with E-state index >= 15 is 0 Å². The highest BCUT2D eigenvalue weighted by atomic mass is 79.9. The van der Waals surface area contributed by atoms with Crippen LogP contribution in [0.1, 0.15) is 16.7 Å². The van der Waals surface area contributed by atoms with Crippen molar-refractivity contribution in [2.45, 2.75) is 18.9 Å². The molecule has 5 heteroatoms. The van der Waals surface area contributed by atoms with Crippen LogP contribution in [0, 0.1) is 6.92 Å². The van der Waals surface area contributed by atoms with Gasteiger partial charge in [0.05, 0.1) is 0 Å². The lowest BCUT2D eigenvalue weighted by Crippen LogP contribution is -2.00. The van der Waals surface area contributed by atoms with E-state index in [2.05, 4.69) is 53.9 Å². The van der Waals surface area contributed by atoms with Crippen molar-refractivity contribution in [3.8, 4) is 5.75 Å². The molecule has 2 aromatic carbocycles. The van der Waals surface area contributed by atoms with Crippen LogP contribution >= 0.6 is 59.4 Å². The van der Waals surface area contributed by atoms with Gasteiger partial charge in [-0.25, -0.2) is 0 Å². The molecule has 2 aromatic rings. The first-order valence-electron chi connectivity index (χ1n) is 5.93. The van der Waals surface area contributed by atoms with Gasteiger partial charge < -0.3 is 4.74 Å². The fourth-order valence-corrected chi connectivity index (χ4v) is 3.66. The number of hydrogen-bond donors (Lipinski definition) is 0. The molecule has 0 aliphatic heterocycles. The average Bonchev–Trinajstić information content (AvgIpc) is 2.38. The van der Waals surface area contributed by atoms with Crippen LogP contribution in [0.5, 0.6) is 5.75 Å². The van der Waals surface area contributed by atoms with E-state index in [4.69, 9.17) is 16.3 Å². The van der Waals surface area contributed by atoms with Gasteiger partial charge in [-0.15, -0.1) is 0 Å². The fraction of sp³-hybridized carbons (Fsp3) is 0.200. The predicted octanol–water partition coefficient (Wildman–Crippen LogP) is 6.65. The highest BCUT2D eigenvalue weighted by molar-refractivity contribution is 9.10. The molecule has 106 valence electrons. The Morgan fingerprint density at radius 1 is 1.05 bits per heavy atom. The SMILES string of the molecule is Cc1cc(Br)cc(CBr)c1OCc1ccc(Br)cc1Cl. The summed E-state index contributed by atoms with van der Waals surface area (Å²) < 4.78 is 7.99. The summed E-state index contributed by atoms with van der Waals surface area (Å²) in [5.74, 6) is 0.907. The third kappa shape index (κ3) is 4.00. The van der Waals surface area contributed by atoms with Crippen molar-refractivity contribution >= 4 is 59.4 Å². The molecule has 0 radical (unpaired) electrons. The van der Waals surface area contributed by atoms with E-state index in [9.17, 15) is 0 Å². The van der Waals surface area contributed by atoms with E-state index < -0.39 is 0 Å². The molecule has 0 fully saturated rings. The van der Waals surface area contributed by atoms with Crippen LogP contribution in [0.4, 0.5) is 0 Å². The molecule has 0 N–H and O–H groups in total. The summed E-state index contributed by atoms with van der Waals surface area (Å²) in [5, 5.41) is 1.45. The van der Waals surface area contributed by atoms with Crippen molar-refractivity contribution in [3.63, 3.8) is 0 Å².